The lowest BCUT2D eigenvalue weighted by Crippen LogP contribution is -2.34. The van der Waals surface area contributed by atoms with Crippen LogP contribution in [0.15, 0.2) is 55.1 Å². The van der Waals surface area contributed by atoms with Gasteiger partial charge in [0.15, 0.2) is 0 Å². The van der Waals surface area contributed by atoms with Gasteiger partial charge in [-0.05, 0) is 36.6 Å². The second-order valence-corrected chi connectivity index (χ2v) is 9.99. The molecule has 6 rings (SSSR count). The zero-order chi connectivity index (χ0) is 27.8. The Kier molecular flexibility index (Phi) is 6.49. The summed E-state index contributed by atoms with van der Waals surface area (Å²) in [5.74, 6) is -0.190. The standard InChI is InChI=1S/C28H27N9O3/c1-40-24-15-36(28-31-10-16(9-29)11-32-28)14-22(24)35-25-21(26(30)38)12-33-37-13-19(8-23(25)37)17-2-4-18(5-3-17)27(39)34-20-6-7-20/h2-5,8,10-13,20,22,24,35H,6-7,14-15H2,1H3,(H2,30,38)(H,34,39)/t22-,24-/m1/s1. The molecule has 4 heterocycles. The molecule has 12 nitrogen and oxygen atoms in total. The summed E-state index contributed by atoms with van der Waals surface area (Å²) in [5, 5.41) is 19.9. The van der Waals surface area contributed by atoms with Gasteiger partial charge >= 0.3 is 0 Å². The molecule has 1 aromatic carbocycles. The van der Waals surface area contributed by atoms with E-state index in [2.05, 4.69) is 25.7 Å². The first-order valence-corrected chi connectivity index (χ1v) is 12.9. The fourth-order valence-corrected chi connectivity index (χ4v) is 4.91. The van der Waals surface area contributed by atoms with E-state index in [1.54, 1.807) is 23.8 Å². The molecule has 2 fully saturated rings. The monoisotopic (exact) mass is 537 g/mol. The number of carbonyl (C=O) groups is 2. The molecular weight excluding hydrogens is 510 g/mol. The van der Waals surface area contributed by atoms with E-state index < -0.39 is 5.91 Å². The molecule has 0 spiro atoms. The first-order chi connectivity index (χ1) is 19.4. The topological polar surface area (TPSA) is 164 Å². The molecule has 1 saturated carbocycles. The second-order valence-electron chi connectivity index (χ2n) is 9.99. The molecule has 40 heavy (non-hydrogen) atoms. The number of carbonyl (C=O) groups excluding carboxylic acids is 2. The summed E-state index contributed by atoms with van der Waals surface area (Å²) in [5.41, 5.74) is 9.98. The normalized spacial score (nSPS) is 18.4. The summed E-state index contributed by atoms with van der Waals surface area (Å²) in [7, 11) is 1.63. The molecule has 1 saturated heterocycles. The van der Waals surface area contributed by atoms with Crippen molar-refractivity contribution in [3.05, 3.63) is 71.8 Å². The van der Waals surface area contributed by atoms with E-state index >= 15 is 0 Å². The molecule has 3 aromatic heterocycles. The van der Waals surface area contributed by atoms with E-state index in [0.717, 1.165) is 24.0 Å². The minimum absolute atomic E-state index is 0.0694. The lowest BCUT2D eigenvalue weighted by Gasteiger charge is -2.21. The van der Waals surface area contributed by atoms with Crippen molar-refractivity contribution in [1.29, 1.82) is 5.26 Å². The number of nitrogens with two attached hydrogens (primary N) is 1. The summed E-state index contributed by atoms with van der Waals surface area (Å²) in [4.78, 5) is 35.3. The highest BCUT2D eigenvalue weighted by Crippen LogP contribution is 2.31. The Hall–Kier alpha value is -5.02. The van der Waals surface area contributed by atoms with Crippen LogP contribution in [0.2, 0.25) is 0 Å². The molecule has 12 heteroatoms. The molecule has 2 atom stereocenters. The highest BCUT2D eigenvalue weighted by atomic mass is 16.5. The number of hydrogen-bond donors (Lipinski definition) is 3. The number of primary amides is 1. The van der Waals surface area contributed by atoms with Crippen LogP contribution in [-0.2, 0) is 4.74 Å². The minimum Gasteiger partial charge on any atom is -0.377 e. The van der Waals surface area contributed by atoms with Gasteiger partial charge in [0.1, 0.15) is 6.07 Å². The number of nitrogens with zero attached hydrogens (tertiary/aromatic N) is 6. The van der Waals surface area contributed by atoms with Gasteiger partial charge in [-0.3, -0.25) is 9.59 Å². The van der Waals surface area contributed by atoms with Gasteiger partial charge in [-0.1, -0.05) is 12.1 Å². The molecule has 202 valence electrons. The quantitative estimate of drug-likeness (QED) is 0.305. The SMILES string of the molecule is CO[C@@H]1CN(c2ncc(C#N)cn2)C[C@H]1Nc1c(C(N)=O)cnn2cc(-c3ccc(C(=O)NC4CC4)cc3)cc12. The van der Waals surface area contributed by atoms with Gasteiger partial charge < -0.3 is 26.0 Å². The first-order valence-electron chi connectivity index (χ1n) is 12.9. The number of nitrogens with one attached hydrogen (secondary N) is 2. The molecule has 4 aromatic rings. The maximum absolute atomic E-state index is 12.4. The largest absolute Gasteiger partial charge is 0.377 e. The van der Waals surface area contributed by atoms with Crippen LogP contribution in [-0.4, -0.2) is 69.8 Å². The summed E-state index contributed by atoms with van der Waals surface area (Å²) in [6, 6.07) is 11.4. The lowest BCUT2D eigenvalue weighted by atomic mass is 10.1. The number of methoxy groups -OCH3 is 1. The predicted octanol–water partition coefficient (Wildman–Crippen LogP) is 1.97. The average molecular weight is 538 g/mol. The number of benzene rings is 1. The van der Waals surface area contributed by atoms with Gasteiger partial charge in [-0.25, -0.2) is 14.5 Å². The Balaban J connectivity index is 1.29. The van der Waals surface area contributed by atoms with Crippen LogP contribution in [0.3, 0.4) is 0 Å². The summed E-state index contributed by atoms with van der Waals surface area (Å²) >= 11 is 0. The number of nitriles is 1. The summed E-state index contributed by atoms with van der Waals surface area (Å²) < 4.78 is 7.45. The second kappa shape index (κ2) is 10.3. The molecule has 0 bridgehead atoms. The van der Waals surface area contributed by atoms with E-state index in [0.29, 0.717) is 47.4 Å². The van der Waals surface area contributed by atoms with Crippen LogP contribution in [0.1, 0.15) is 39.1 Å². The fraction of sp³-hybridized carbons (Fsp3) is 0.286. The predicted molar refractivity (Wildman–Crippen MR) is 147 cm³/mol. The van der Waals surface area contributed by atoms with Gasteiger partial charge in [0, 0.05) is 43.6 Å². The van der Waals surface area contributed by atoms with Crippen molar-refractivity contribution in [2.45, 2.75) is 31.0 Å². The molecule has 1 aliphatic carbocycles. The molecule has 2 aliphatic rings. The van der Waals surface area contributed by atoms with E-state index in [9.17, 15) is 9.59 Å². The van der Waals surface area contributed by atoms with E-state index in [1.165, 1.54) is 18.6 Å². The Morgan fingerprint density at radius 3 is 2.50 bits per heavy atom. The van der Waals surface area contributed by atoms with Gasteiger partial charge in [0.05, 0.1) is 53.1 Å². The third kappa shape index (κ3) is 4.90. The number of aromatic nitrogens is 4. The van der Waals surface area contributed by atoms with Crippen molar-refractivity contribution in [2.24, 2.45) is 5.73 Å². The van der Waals surface area contributed by atoms with Crippen LogP contribution in [0.5, 0.6) is 0 Å². The number of rotatable bonds is 8. The molecule has 2 amide bonds. The summed E-state index contributed by atoms with van der Waals surface area (Å²) in [6.07, 6.45) is 8.11. The zero-order valence-electron chi connectivity index (χ0n) is 21.7. The molecule has 0 unspecified atom stereocenters. The van der Waals surface area contributed by atoms with Crippen molar-refractivity contribution in [3.8, 4) is 17.2 Å². The van der Waals surface area contributed by atoms with Crippen LogP contribution < -0.4 is 21.3 Å². The van der Waals surface area contributed by atoms with E-state index in [-0.39, 0.29) is 23.6 Å². The maximum Gasteiger partial charge on any atom is 0.252 e. The average Bonchev–Trinajstić information content (AvgIpc) is 3.52. The van der Waals surface area contributed by atoms with Crippen molar-refractivity contribution < 1.29 is 14.3 Å². The molecule has 0 radical (unpaired) electrons. The maximum atomic E-state index is 12.4. The Morgan fingerprint density at radius 1 is 1.10 bits per heavy atom. The lowest BCUT2D eigenvalue weighted by molar-refractivity contribution is 0.0949. The summed E-state index contributed by atoms with van der Waals surface area (Å²) in [6.45, 7) is 1.01. The van der Waals surface area contributed by atoms with E-state index in [1.807, 2.05) is 35.4 Å². The van der Waals surface area contributed by atoms with Crippen molar-refractivity contribution >= 4 is 29.0 Å². The molecular formula is C28H27N9O3. The fourth-order valence-electron chi connectivity index (χ4n) is 4.91. The minimum atomic E-state index is -0.606. The number of amides is 2. The third-order valence-electron chi connectivity index (χ3n) is 7.24. The molecule has 1 aliphatic heterocycles. The van der Waals surface area contributed by atoms with Crippen molar-refractivity contribution in [3.63, 3.8) is 0 Å². The van der Waals surface area contributed by atoms with Crippen LogP contribution in [0.4, 0.5) is 11.6 Å². The van der Waals surface area contributed by atoms with Crippen LogP contribution >= 0.6 is 0 Å². The number of ether oxygens (including phenoxy) is 1. The first kappa shape index (κ1) is 25.3. The smallest absolute Gasteiger partial charge is 0.252 e. The number of anilines is 2. The van der Waals surface area contributed by atoms with Crippen molar-refractivity contribution in [2.75, 3.05) is 30.4 Å². The van der Waals surface area contributed by atoms with Gasteiger partial charge in [0.25, 0.3) is 11.8 Å². The highest BCUT2D eigenvalue weighted by molar-refractivity contribution is 6.02. The van der Waals surface area contributed by atoms with Gasteiger partial charge in [-0.15, -0.1) is 0 Å². The highest BCUT2D eigenvalue weighted by Gasteiger charge is 2.35. The van der Waals surface area contributed by atoms with Crippen molar-refractivity contribution in [1.82, 2.24) is 24.9 Å². The Labute approximate surface area is 229 Å². The van der Waals surface area contributed by atoms with Crippen LogP contribution in [0, 0.1) is 11.3 Å². The zero-order valence-corrected chi connectivity index (χ0v) is 21.7. The Morgan fingerprint density at radius 2 is 1.85 bits per heavy atom. The van der Waals surface area contributed by atoms with Crippen LogP contribution in [0.25, 0.3) is 16.6 Å². The Bertz CT molecular complexity index is 1620. The van der Waals surface area contributed by atoms with Gasteiger partial charge in [-0.2, -0.15) is 10.4 Å². The molecule has 4 N–H and O–H groups in total. The van der Waals surface area contributed by atoms with Gasteiger partial charge in [0.2, 0.25) is 5.95 Å². The number of hydrogen-bond acceptors (Lipinski definition) is 9. The third-order valence-corrected chi connectivity index (χ3v) is 7.24. The number of fused-ring (bicyclic) bond motifs is 1. The van der Waals surface area contributed by atoms with E-state index in [4.69, 9.17) is 15.7 Å².